The molecule has 0 aliphatic rings. The van der Waals surface area contributed by atoms with Crippen LogP contribution in [0.3, 0.4) is 0 Å². The molecule has 0 radical (unpaired) electrons. The number of rotatable bonds is 2. The average molecular weight is 357 g/mol. The number of hydrogen-bond donors (Lipinski definition) is 0. The van der Waals surface area contributed by atoms with E-state index in [-0.39, 0.29) is 0 Å². The summed E-state index contributed by atoms with van der Waals surface area (Å²) in [7, 11) is 4.03. The van der Waals surface area contributed by atoms with E-state index in [4.69, 9.17) is 0 Å². The summed E-state index contributed by atoms with van der Waals surface area (Å²) in [5.74, 6) is 0.705. The first kappa shape index (κ1) is 12.5. The van der Waals surface area contributed by atoms with E-state index in [9.17, 15) is 0 Å². The second-order valence-electron chi connectivity index (χ2n) is 3.78. The second kappa shape index (κ2) is 5.14. The molecule has 0 N–H and O–H groups in total. The molecule has 1 aromatic heterocycles. The highest BCUT2D eigenvalue weighted by Gasteiger charge is 2.04. The summed E-state index contributed by atoms with van der Waals surface area (Å²) in [6.45, 7) is 0. The minimum Gasteiger partial charge on any atom is -0.378 e. The highest BCUT2D eigenvalue weighted by Crippen LogP contribution is 2.22. The Labute approximate surface area is 117 Å². The SMILES string of the molecule is CN(C)c1ccc(-c2nc(Br)cc(Br)n2)cc1. The van der Waals surface area contributed by atoms with E-state index >= 15 is 0 Å². The van der Waals surface area contributed by atoms with Crippen LogP contribution >= 0.6 is 31.9 Å². The number of hydrogen-bond acceptors (Lipinski definition) is 3. The summed E-state index contributed by atoms with van der Waals surface area (Å²) in [6, 6.07) is 9.95. The van der Waals surface area contributed by atoms with Crippen molar-refractivity contribution >= 4 is 37.5 Å². The Hall–Kier alpha value is -0.940. The standard InChI is InChI=1S/C12H11Br2N3/c1-17(2)9-5-3-8(4-6-9)12-15-10(13)7-11(14)16-12/h3-7H,1-2H3. The zero-order valence-corrected chi connectivity index (χ0v) is 12.7. The van der Waals surface area contributed by atoms with Crippen LogP contribution in [0, 0.1) is 0 Å². The lowest BCUT2D eigenvalue weighted by Gasteiger charge is -2.12. The van der Waals surface area contributed by atoms with Gasteiger partial charge in [0, 0.05) is 31.4 Å². The summed E-state index contributed by atoms with van der Waals surface area (Å²) < 4.78 is 1.54. The predicted molar refractivity (Wildman–Crippen MR) is 77.2 cm³/mol. The number of nitrogens with zero attached hydrogens (tertiary/aromatic N) is 3. The van der Waals surface area contributed by atoms with Crippen LogP contribution in [-0.2, 0) is 0 Å². The van der Waals surface area contributed by atoms with Gasteiger partial charge in [0.15, 0.2) is 5.82 Å². The molecular weight excluding hydrogens is 346 g/mol. The van der Waals surface area contributed by atoms with Crippen LogP contribution in [0.5, 0.6) is 0 Å². The maximum absolute atomic E-state index is 4.34. The van der Waals surface area contributed by atoms with Crippen molar-refractivity contribution in [2.75, 3.05) is 19.0 Å². The van der Waals surface area contributed by atoms with Crippen molar-refractivity contribution in [1.29, 1.82) is 0 Å². The van der Waals surface area contributed by atoms with Crippen LogP contribution in [0.4, 0.5) is 5.69 Å². The molecule has 0 aliphatic heterocycles. The molecule has 3 nitrogen and oxygen atoms in total. The Morgan fingerprint density at radius 1 is 0.941 bits per heavy atom. The van der Waals surface area contributed by atoms with E-state index in [0.717, 1.165) is 20.5 Å². The van der Waals surface area contributed by atoms with E-state index in [0.29, 0.717) is 5.82 Å². The number of halogens is 2. The number of benzene rings is 1. The predicted octanol–water partition coefficient (Wildman–Crippen LogP) is 3.73. The third-order valence-electron chi connectivity index (χ3n) is 2.31. The Kier molecular flexibility index (Phi) is 3.79. The van der Waals surface area contributed by atoms with E-state index < -0.39 is 0 Å². The van der Waals surface area contributed by atoms with Crippen LogP contribution in [0.2, 0.25) is 0 Å². The van der Waals surface area contributed by atoms with Crippen LogP contribution in [0.1, 0.15) is 0 Å². The molecule has 0 amide bonds. The van der Waals surface area contributed by atoms with Crippen molar-refractivity contribution in [3.63, 3.8) is 0 Å². The van der Waals surface area contributed by atoms with Crippen molar-refractivity contribution in [2.24, 2.45) is 0 Å². The molecule has 0 atom stereocenters. The largest absolute Gasteiger partial charge is 0.378 e. The summed E-state index contributed by atoms with van der Waals surface area (Å²) >= 11 is 6.72. The van der Waals surface area contributed by atoms with Gasteiger partial charge >= 0.3 is 0 Å². The molecule has 5 heteroatoms. The number of aromatic nitrogens is 2. The highest BCUT2D eigenvalue weighted by molar-refractivity contribution is 9.11. The molecule has 0 fully saturated rings. The molecule has 2 rings (SSSR count). The summed E-state index contributed by atoms with van der Waals surface area (Å²) in [6.07, 6.45) is 0. The summed E-state index contributed by atoms with van der Waals surface area (Å²) in [4.78, 5) is 10.7. The minimum absolute atomic E-state index is 0.705. The van der Waals surface area contributed by atoms with Gasteiger partial charge in [-0.1, -0.05) is 0 Å². The molecule has 0 saturated heterocycles. The lowest BCUT2D eigenvalue weighted by molar-refractivity contribution is 1.11. The smallest absolute Gasteiger partial charge is 0.161 e. The zero-order chi connectivity index (χ0) is 12.4. The maximum atomic E-state index is 4.34. The van der Waals surface area contributed by atoms with Crippen molar-refractivity contribution in [3.05, 3.63) is 39.5 Å². The summed E-state index contributed by atoms with van der Waals surface area (Å²) in [5.41, 5.74) is 2.15. The Balaban J connectivity index is 2.39. The van der Waals surface area contributed by atoms with Crippen molar-refractivity contribution < 1.29 is 0 Å². The van der Waals surface area contributed by atoms with Crippen molar-refractivity contribution in [1.82, 2.24) is 9.97 Å². The van der Waals surface area contributed by atoms with Crippen LogP contribution < -0.4 is 4.90 Å². The fourth-order valence-corrected chi connectivity index (χ4v) is 2.50. The van der Waals surface area contributed by atoms with E-state index in [1.807, 2.05) is 44.4 Å². The molecule has 0 aliphatic carbocycles. The molecule has 1 aromatic carbocycles. The highest BCUT2D eigenvalue weighted by atomic mass is 79.9. The molecule has 0 spiro atoms. The Bertz CT molecular complexity index is 504. The van der Waals surface area contributed by atoms with Crippen LogP contribution in [0.25, 0.3) is 11.4 Å². The molecule has 2 aromatic rings. The topological polar surface area (TPSA) is 29.0 Å². The Morgan fingerprint density at radius 3 is 1.94 bits per heavy atom. The molecule has 88 valence electrons. The molecule has 0 bridgehead atoms. The third kappa shape index (κ3) is 3.04. The van der Waals surface area contributed by atoms with Gasteiger partial charge in [0.25, 0.3) is 0 Å². The van der Waals surface area contributed by atoms with Gasteiger partial charge in [-0.3, -0.25) is 0 Å². The minimum atomic E-state index is 0.705. The summed E-state index contributed by atoms with van der Waals surface area (Å²) in [5, 5.41) is 0. The van der Waals surface area contributed by atoms with Gasteiger partial charge in [-0.25, -0.2) is 9.97 Å². The lowest BCUT2D eigenvalue weighted by atomic mass is 10.2. The van der Waals surface area contributed by atoms with E-state index in [1.54, 1.807) is 0 Å². The van der Waals surface area contributed by atoms with Gasteiger partial charge in [0.05, 0.1) is 0 Å². The van der Waals surface area contributed by atoms with Crippen molar-refractivity contribution in [2.45, 2.75) is 0 Å². The quantitative estimate of drug-likeness (QED) is 0.767. The Morgan fingerprint density at radius 2 is 1.47 bits per heavy atom. The zero-order valence-electron chi connectivity index (χ0n) is 9.48. The monoisotopic (exact) mass is 355 g/mol. The van der Waals surface area contributed by atoms with Gasteiger partial charge in [0.2, 0.25) is 0 Å². The van der Waals surface area contributed by atoms with Crippen LogP contribution in [0.15, 0.2) is 39.5 Å². The molecule has 0 unspecified atom stereocenters. The normalized spacial score (nSPS) is 10.4. The molecular formula is C12H11Br2N3. The van der Waals surface area contributed by atoms with Gasteiger partial charge in [-0.05, 0) is 56.1 Å². The van der Waals surface area contributed by atoms with Crippen LogP contribution in [-0.4, -0.2) is 24.1 Å². The average Bonchev–Trinajstić information content (AvgIpc) is 2.28. The maximum Gasteiger partial charge on any atom is 0.161 e. The molecule has 17 heavy (non-hydrogen) atoms. The number of anilines is 1. The van der Waals surface area contributed by atoms with Gasteiger partial charge in [-0.15, -0.1) is 0 Å². The third-order valence-corrected chi connectivity index (χ3v) is 3.12. The fourth-order valence-electron chi connectivity index (χ4n) is 1.43. The first-order valence-electron chi connectivity index (χ1n) is 5.04. The van der Waals surface area contributed by atoms with Gasteiger partial charge in [-0.2, -0.15) is 0 Å². The van der Waals surface area contributed by atoms with Crippen molar-refractivity contribution in [3.8, 4) is 11.4 Å². The first-order valence-corrected chi connectivity index (χ1v) is 6.63. The van der Waals surface area contributed by atoms with E-state index in [1.165, 1.54) is 0 Å². The fraction of sp³-hybridized carbons (Fsp3) is 0.167. The lowest BCUT2D eigenvalue weighted by Crippen LogP contribution is -2.08. The first-order chi connectivity index (χ1) is 8.06. The van der Waals surface area contributed by atoms with Gasteiger partial charge < -0.3 is 4.90 Å². The molecule has 1 heterocycles. The second-order valence-corrected chi connectivity index (χ2v) is 5.40. The molecule has 0 saturated carbocycles. The van der Waals surface area contributed by atoms with Gasteiger partial charge in [0.1, 0.15) is 9.21 Å². The van der Waals surface area contributed by atoms with E-state index in [2.05, 4.69) is 46.7 Å².